The van der Waals surface area contributed by atoms with Crippen molar-refractivity contribution >= 4 is 5.69 Å². The smallest absolute Gasteiger partial charge is 0.233 e. The van der Waals surface area contributed by atoms with E-state index in [0.29, 0.717) is 17.8 Å². The standard InChI is InChI=1S/C18H26N4O3/c1-12(18-21-20-13(2)25-18)22-7-5-14(6-8-22)19-15-9-16(23-3)11-17(10-15)24-4/h9-12,14,19H,5-8H2,1-4H3/t12-/m1/s1. The van der Waals surface area contributed by atoms with Gasteiger partial charge in [0, 0.05) is 49.9 Å². The second-order valence-corrected chi connectivity index (χ2v) is 6.39. The first-order chi connectivity index (χ1) is 12.1. The highest BCUT2D eigenvalue weighted by Crippen LogP contribution is 2.29. The maximum absolute atomic E-state index is 5.56. The van der Waals surface area contributed by atoms with Crippen molar-refractivity contribution in [2.45, 2.75) is 38.8 Å². The third-order valence-corrected chi connectivity index (χ3v) is 4.70. The number of nitrogens with one attached hydrogen (secondary N) is 1. The minimum atomic E-state index is 0.152. The SMILES string of the molecule is COc1cc(NC2CCN([C@H](C)c3nnc(C)o3)CC2)cc(OC)c1. The first-order valence-corrected chi connectivity index (χ1v) is 8.62. The summed E-state index contributed by atoms with van der Waals surface area (Å²) in [5.74, 6) is 2.89. The molecule has 1 fully saturated rings. The van der Waals surface area contributed by atoms with Gasteiger partial charge in [-0.25, -0.2) is 0 Å². The highest BCUT2D eigenvalue weighted by atomic mass is 16.5. The maximum Gasteiger partial charge on any atom is 0.233 e. The molecule has 1 aromatic heterocycles. The van der Waals surface area contributed by atoms with Crippen molar-refractivity contribution in [2.75, 3.05) is 32.6 Å². The monoisotopic (exact) mass is 346 g/mol. The van der Waals surface area contributed by atoms with Gasteiger partial charge in [-0.3, -0.25) is 4.90 Å². The van der Waals surface area contributed by atoms with Gasteiger partial charge in [-0.2, -0.15) is 0 Å². The van der Waals surface area contributed by atoms with Crippen molar-refractivity contribution in [2.24, 2.45) is 0 Å². The first-order valence-electron chi connectivity index (χ1n) is 8.62. The zero-order valence-corrected chi connectivity index (χ0v) is 15.3. The van der Waals surface area contributed by atoms with Gasteiger partial charge in [-0.1, -0.05) is 0 Å². The van der Waals surface area contributed by atoms with Crippen LogP contribution < -0.4 is 14.8 Å². The van der Waals surface area contributed by atoms with Crippen LogP contribution in [0.5, 0.6) is 11.5 Å². The summed E-state index contributed by atoms with van der Waals surface area (Å²) in [6, 6.07) is 6.45. The molecule has 0 amide bonds. The average molecular weight is 346 g/mol. The van der Waals surface area contributed by atoms with E-state index < -0.39 is 0 Å². The van der Waals surface area contributed by atoms with E-state index in [2.05, 4.69) is 27.3 Å². The molecule has 1 N–H and O–H groups in total. The fourth-order valence-electron chi connectivity index (χ4n) is 3.19. The Bertz CT molecular complexity index is 673. The molecule has 2 aromatic rings. The van der Waals surface area contributed by atoms with Crippen LogP contribution >= 0.6 is 0 Å². The summed E-state index contributed by atoms with van der Waals surface area (Å²) in [6.45, 7) is 5.91. The van der Waals surface area contributed by atoms with Gasteiger partial charge in [0.2, 0.25) is 11.8 Å². The normalized spacial score (nSPS) is 17.3. The van der Waals surface area contributed by atoms with Gasteiger partial charge in [0.05, 0.1) is 20.3 Å². The van der Waals surface area contributed by atoms with E-state index in [4.69, 9.17) is 13.9 Å². The molecule has 7 nitrogen and oxygen atoms in total. The highest BCUT2D eigenvalue weighted by Gasteiger charge is 2.26. The summed E-state index contributed by atoms with van der Waals surface area (Å²) in [4.78, 5) is 2.39. The Morgan fingerprint density at radius 2 is 1.76 bits per heavy atom. The Morgan fingerprint density at radius 3 is 2.28 bits per heavy atom. The second kappa shape index (κ2) is 7.74. The Kier molecular flexibility index (Phi) is 5.43. The molecule has 1 aliphatic heterocycles. The molecule has 2 heterocycles. The minimum absolute atomic E-state index is 0.152. The summed E-state index contributed by atoms with van der Waals surface area (Å²) in [7, 11) is 3.33. The Hall–Kier alpha value is -2.28. The minimum Gasteiger partial charge on any atom is -0.497 e. The lowest BCUT2D eigenvalue weighted by Crippen LogP contribution is -2.40. The van der Waals surface area contributed by atoms with Crippen molar-refractivity contribution in [1.29, 1.82) is 0 Å². The summed E-state index contributed by atoms with van der Waals surface area (Å²) in [6.07, 6.45) is 2.11. The Balaban J connectivity index is 1.57. The molecule has 1 aliphatic rings. The number of aryl methyl sites for hydroxylation is 1. The lowest BCUT2D eigenvalue weighted by atomic mass is 10.0. The lowest BCUT2D eigenvalue weighted by molar-refractivity contribution is 0.146. The number of ether oxygens (including phenoxy) is 2. The van der Waals surface area contributed by atoms with Crippen molar-refractivity contribution < 1.29 is 13.9 Å². The molecule has 7 heteroatoms. The van der Waals surface area contributed by atoms with Crippen molar-refractivity contribution in [3.05, 3.63) is 30.0 Å². The number of likely N-dealkylation sites (tertiary alicyclic amines) is 1. The van der Waals surface area contributed by atoms with Gasteiger partial charge in [0.25, 0.3) is 0 Å². The second-order valence-electron chi connectivity index (χ2n) is 6.39. The molecule has 0 saturated carbocycles. The van der Waals surface area contributed by atoms with Crippen LogP contribution in [0.25, 0.3) is 0 Å². The molecule has 0 radical (unpaired) electrons. The molecule has 136 valence electrons. The summed E-state index contributed by atoms with van der Waals surface area (Å²) in [5, 5.41) is 11.7. The van der Waals surface area contributed by atoms with Crippen LogP contribution in [0, 0.1) is 6.92 Å². The lowest BCUT2D eigenvalue weighted by Gasteiger charge is -2.35. The van der Waals surface area contributed by atoms with Gasteiger partial charge < -0.3 is 19.2 Å². The third kappa shape index (κ3) is 4.22. The van der Waals surface area contributed by atoms with Crippen molar-refractivity contribution in [3.63, 3.8) is 0 Å². The molecule has 0 bridgehead atoms. The number of aromatic nitrogens is 2. The number of benzene rings is 1. The molecule has 25 heavy (non-hydrogen) atoms. The van der Waals surface area contributed by atoms with E-state index in [-0.39, 0.29) is 6.04 Å². The zero-order valence-electron chi connectivity index (χ0n) is 15.3. The predicted octanol–water partition coefficient (Wildman–Crippen LogP) is 3.03. The van der Waals surface area contributed by atoms with Gasteiger partial charge in [-0.15, -0.1) is 10.2 Å². The number of nitrogens with zero attached hydrogens (tertiary/aromatic N) is 3. The van der Waals surface area contributed by atoms with Crippen LogP contribution in [0.1, 0.15) is 37.6 Å². The van der Waals surface area contributed by atoms with Crippen LogP contribution in [0.4, 0.5) is 5.69 Å². The highest BCUT2D eigenvalue weighted by molar-refractivity contribution is 5.54. The van der Waals surface area contributed by atoms with Crippen LogP contribution in [0.2, 0.25) is 0 Å². The van der Waals surface area contributed by atoms with E-state index in [1.165, 1.54) is 0 Å². The number of hydrogen-bond acceptors (Lipinski definition) is 7. The molecule has 1 saturated heterocycles. The first kappa shape index (κ1) is 17.5. The van der Waals surface area contributed by atoms with E-state index in [0.717, 1.165) is 43.1 Å². The van der Waals surface area contributed by atoms with Gasteiger partial charge >= 0.3 is 0 Å². The largest absolute Gasteiger partial charge is 0.497 e. The van der Waals surface area contributed by atoms with E-state index >= 15 is 0 Å². The number of hydrogen-bond donors (Lipinski definition) is 1. The van der Waals surface area contributed by atoms with Gasteiger partial charge in [0.15, 0.2) is 0 Å². The number of rotatable bonds is 6. The molecule has 1 aromatic carbocycles. The maximum atomic E-state index is 5.56. The van der Waals surface area contributed by atoms with Crippen LogP contribution in [0.3, 0.4) is 0 Å². The summed E-state index contributed by atoms with van der Waals surface area (Å²) < 4.78 is 16.2. The fourth-order valence-corrected chi connectivity index (χ4v) is 3.19. The zero-order chi connectivity index (χ0) is 17.8. The third-order valence-electron chi connectivity index (χ3n) is 4.70. The number of anilines is 1. The molecule has 0 aliphatic carbocycles. The number of piperidine rings is 1. The molecule has 1 atom stereocenters. The van der Waals surface area contributed by atoms with Crippen molar-refractivity contribution in [3.8, 4) is 11.5 Å². The molecular weight excluding hydrogens is 320 g/mol. The summed E-state index contributed by atoms with van der Waals surface area (Å²) >= 11 is 0. The number of methoxy groups -OCH3 is 2. The van der Waals surface area contributed by atoms with Crippen molar-refractivity contribution in [1.82, 2.24) is 15.1 Å². The van der Waals surface area contributed by atoms with Crippen LogP contribution in [0.15, 0.2) is 22.6 Å². The quantitative estimate of drug-likeness (QED) is 0.862. The topological polar surface area (TPSA) is 72.7 Å². The Morgan fingerprint density at radius 1 is 1.12 bits per heavy atom. The van der Waals surface area contributed by atoms with Gasteiger partial charge in [-0.05, 0) is 19.8 Å². The average Bonchev–Trinajstić information content (AvgIpc) is 3.07. The molecule has 0 unspecified atom stereocenters. The fraction of sp³-hybridized carbons (Fsp3) is 0.556. The molecule has 3 rings (SSSR count). The summed E-state index contributed by atoms with van der Waals surface area (Å²) in [5.41, 5.74) is 1.02. The predicted molar refractivity (Wildman–Crippen MR) is 95.2 cm³/mol. The Labute approximate surface area is 148 Å². The van der Waals surface area contributed by atoms with E-state index in [1.54, 1.807) is 14.2 Å². The van der Waals surface area contributed by atoms with Crippen LogP contribution in [-0.2, 0) is 0 Å². The van der Waals surface area contributed by atoms with Crippen LogP contribution in [-0.4, -0.2) is 48.4 Å². The molecular formula is C18H26N4O3. The van der Waals surface area contributed by atoms with Gasteiger partial charge in [0.1, 0.15) is 11.5 Å². The van der Waals surface area contributed by atoms with E-state index in [9.17, 15) is 0 Å². The van der Waals surface area contributed by atoms with E-state index in [1.807, 2.05) is 25.1 Å². The molecule has 0 spiro atoms.